The first-order valence-corrected chi connectivity index (χ1v) is 7.22. The fourth-order valence-corrected chi connectivity index (χ4v) is 2.90. The van der Waals surface area contributed by atoms with E-state index in [0.717, 1.165) is 4.57 Å². The van der Waals surface area contributed by atoms with Crippen LogP contribution < -0.4 is 11.2 Å². The van der Waals surface area contributed by atoms with Crippen molar-refractivity contribution >= 4 is 33.8 Å². The number of aromatic nitrogens is 5. The van der Waals surface area contributed by atoms with Crippen LogP contribution in [-0.2, 0) is 20.6 Å². The molecule has 0 radical (unpaired) electrons. The van der Waals surface area contributed by atoms with Crippen molar-refractivity contribution in [2.75, 3.05) is 0 Å². The molecular formula is C12H12IN5O3. The molecular weight excluding hydrogens is 389 g/mol. The van der Waals surface area contributed by atoms with Gasteiger partial charge in [-0.25, -0.2) is 9.78 Å². The minimum Gasteiger partial charge on any atom is -0.361 e. The average Bonchev–Trinajstić information content (AvgIpc) is 2.99. The second-order valence-corrected chi connectivity index (χ2v) is 5.74. The second-order valence-electron chi connectivity index (χ2n) is 4.77. The Bertz CT molecular complexity index is 962. The van der Waals surface area contributed by atoms with Gasteiger partial charge in [-0.2, -0.15) is 0 Å². The van der Waals surface area contributed by atoms with Gasteiger partial charge in [0.1, 0.15) is 11.5 Å². The Kier molecular flexibility index (Phi) is 3.23. The molecule has 9 heteroatoms. The zero-order chi connectivity index (χ0) is 15.3. The second kappa shape index (κ2) is 4.83. The molecule has 21 heavy (non-hydrogen) atoms. The average molecular weight is 401 g/mol. The monoisotopic (exact) mass is 401 g/mol. The molecule has 0 atom stereocenters. The summed E-state index contributed by atoms with van der Waals surface area (Å²) in [5, 5.41) is 3.93. The molecule has 0 amide bonds. The maximum atomic E-state index is 12.2. The van der Waals surface area contributed by atoms with Gasteiger partial charge in [-0.05, 0) is 6.92 Å². The van der Waals surface area contributed by atoms with E-state index in [0.29, 0.717) is 27.5 Å². The summed E-state index contributed by atoms with van der Waals surface area (Å²) in [5.41, 5.74) is 0.665. The number of hydrogen-bond acceptors (Lipinski definition) is 5. The molecule has 0 spiro atoms. The Morgan fingerprint density at radius 2 is 2.00 bits per heavy atom. The number of halogens is 1. The van der Waals surface area contributed by atoms with Crippen molar-refractivity contribution in [3.05, 3.63) is 42.2 Å². The molecule has 0 fully saturated rings. The fourth-order valence-electron chi connectivity index (χ4n) is 2.26. The van der Waals surface area contributed by atoms with Gasteiger partial charge in [0, 0.05) is 42.8 Å². The maximum Gasteiger partial charge on any atom is 0.332 e. The number of nitrogens with zero attached hydrogens (tertiary/aromatic N) is 5. The molecule has 0 aliphatic rings. The molecule has 110 valence electrons. The van der Waals surface area contributed by atoms with Crippen LogP contribution in [0.3, 0.4) is 0 Å². The van der Waals surface area contributed by atoms with Crippen LogP contribution in [0.5, 0.6) is 0 Å². The summed E-state index contributed by atoms with van der Waals surface area (Å²) in [6, 6.07) is 1.81. The van der Waals surface area contributed by atoms with Crippen LogP contribution in [0.15, 0.2) is 20.2 Å². The molecule has 8 nitrogen and oxygen atoms in total. The molecule has 0 aliphatic heterocycles. The predicted molar refractivity (Wildman–Crippen MR) is 83.3 cm³/mol. The molecule has 3 heterocycles. The molecule has 3 aromatic heterocycles. The van der Waals surface area contributed by atoms with Crippen molar-refractivity contribution in [1.82, 2.24) is 23.8 Å². The van der Waals surface area contributed by atoms with E-state index in [2.05, 4.69) is 10.1 Å². The third kappa shape index (κ3) is 2.11. The van der Waals surface area contributed by atoms with E-state index in [1.54, 1.807) is 24.6 Å². The van der Waals surface area contributed by atoms with Crippen LogP contribution in [-0.4, -0.2) is 23.8 Å². The Balaban J connectivity index is 2.31. The van der Waals surface area contributed by atoms with E-state index >= 15 is 0 Å². The predicted octanol–water partition coefficient (Wildman–Crippen LogP) is 0.383. The maximum absolute atomic E-state index is 12.2. The fraction of sp³-hybridized carbons (Fsp3) is 0.333. The van der Waals surface area contributed by atoms with Crippen molar-refractivity contribution in [2.24, 2.45) is 14.1 Å². The lowest BCUT2D eigenvalue weighted by Gasteiger charge is -2.07. The summed E-state index contributed by atoms with van der Waals surface area (Å²) in [5.74, 6) is 0.703. The molecule has 0 unspecified atom stereocenters. The summed E-state index contributed by atoms with van der Waals surface area (Å²) >= 11 is 2.03. The lowest BCUT2D eigenvalue weighted by atomic mass is 10.4. The highest BCUT2D eigenvalue weighted by atomic mass is 127. The summed E-state index contributed by atoms with van der Waals surface area (Å²) in [4.78, 5) is 28.5. The lowest BCUT2D eigenvalue weighted by Crippen LogP contribution is -2.37. The molecule has 3 rings (SSSR count). The standard InChI is InChI=1S/C12H12IN5O3/c1-6-4-7(15-21-6)5-18-9-8(14-11(18)13)10(19)17(3)12(20)16(9)2/h4H,5H2,1-3H3. The third-order valence-corrected chi connectivity index (χ3v) is 4.11. The molecule has 0 aliphatic carbocycles. The SMILES string of the molecule is Cc1cc(Cn2c(I)nc3c(=O)n(C)c(=O)n(C)c32)no1. The molecule has 3 aromatic rings. The zero-order valence-electron chi connectivity index (χ0n) is 11.6. The lowest BCUT2D eigenvalue weighted by molar-refractivity contribution is 0.389. The van der Waals surface area contributed by atoms with Crippen LogP contribution in [0.2, 0.25) is 0 Å². The van der Waals surface area contributed by atoms with Gasteiger partial charge in [0.15, 0.2) is 15.0 Å². The summed E-state index contributed by atoms with van der Waals surface area (Å²) in [7, 11) is 3.06. The van der Waals surface area contributed by atoms with Crippen molar-refractivity contribution in [3.63, 3.8) is 0 Å². The topological polar surface area (TPSA) is 87.9 Å². The van der Waals surface area contributed by atoms with Gasteiger partial charge in [-0.3, -0.25) is 18.5 Å². The molecule has 0 N–H and O–H groups in total. The van der Waals surface area contributed by atoms with Gasteiger partial charge in [-0.1, -0.05) is 5.16 Å². The molecule has 0 aromatic carbocycles. The molecule has 0 saturated heterocycles. The first kappa shape index (κ1) is 14.0. The van der Waals surface area contributed by atoms with Gasteiger partial charge >= 0.3 is 5.69 Å². The van der Waals surface area contributed by atoms with Gasteiger partial charge in [0.2, 0.25) is 0 Å². The minimum absolute atomic E-state index is 0.268. The quantitative estimate of drug-likeness (QED) is 0.458. The number of rotatable bonds is 2. The van der Waals surface area contributed by atoms with Crippen molar-refractivity contribution < 1.29 is 4.52 Å². The highest BCUT2D eigenvalue weighted by Crippen LogP contribution is 2.15. The smallest absolute Gasteiger partial charge is 0.332 e. The highest BCUT2D eigenvalue weighted by Gasteiger charge is 2.18. The van der Waals surface area contributed by atoms with Crippen LogP contribution in [0.25, 0.3) is 11.2 Å². The van der Waals surface area contributed by atoms with E-state index in [4.69, 9.17) is 4.52 Å². The molecule has 0 bridgehead atoms. The van der Waals surface area contributed by atoms with Crippen molar-refractivity contribution in [1.29, 1.82) is 0 Å². The van der Waals surface area contributed by atoms with Crippen LogP contribution in [0.4, 0.5) is 0 Å². The van der Waals surface area contributed by atoms with Crippen molar-refractivity contribution in [3.8, 4) is 0 Å². The first-order chi connectivity index (χ1) is 9.90. The Morgan fingerprint density at radius 3 is 2.62 bits per heavy atom. The van der Waals surface area contributed by atoms with E-state index in [1.165, 1.54) is 11.6 Å². The zero-order valence-corrected chi connectivity index (χ0v) is 13.8. The summed E-state index contributed by atoms with van der Waals surface area (Å²) in [6.07, 6.45) is 0. The minimum atomic E-state index is -0.402. The molecule has 0 saturated carbocycles. The van der Waals surface area contributed by atoms with Gasteiger partial charge in [-0.15, -0.1) is 0 Å². The van der Waals surface area contributed by atoms with Crippen LogP contribution in [0, 0.1) is 10.8 Å². The van der Waals surface area contributed by atoms with Crippen molar-refractivity contribution in [2.45, 2.75) is 13.5 Å². The van der Waals surface area contributed by atoms with Gasteiger partial charge < -0.3 is 4.52 Å². The Labute approximate surface area is 132 Å². The van der Waals surface area contributed by atoms with Gasteiger partial charge in [0.25, 0.3) is 5.56 Å². The number of fused-ring (bicyclic) bond motifs is 1. The number of aryl methyl sites for hydroxylation is 2. The van der Waals surface area contributed by atoms with E-state index < -0.39 is 5.56 Å². The normalized spacial score (nSPS) is 11.4. The van der Waals surface area contributed by atoms with E-state index in [1.807, 2.05) is 22.6 Å². The van der Waals surface area contributed by atoms with Gasteiger partial charge in [0.05, 0.1) is 6.54 Å². The highest BCUT2D eigenvalue weighted by molar-refractivity contribution is 14.1. The third-order valence-electron chi connectivity index (χ3n) is 3.29. The Hall–Kier alpha value is -1.91. The van der Waals surface area contributed by atoms with E-state index in [-0.39, 0.29) is 11.2 Å². The van der Waals surface area contributed by atoms with E-state index in [9.17, 15) is 9.59 Å². The summed E-state index contributed by atoms with van der Waals surface area (Å²) in [6.45, 7) is 2.19. The summed E-state index contributed by atoms with van der Waals surface area (Å²) < 4.78 is 9.89. The largest absolute Gasteiger partial charge is 0.361 e. The van der Waals surface area contributed by atoms with Crippen LogP contribution >= 0.6 is 22.6 Å². The first-order valence-electron chi connectivity index (χ1n) is 6.14. The number of hydrogen-bond donors (Lipinski definition) is 0. The number of imidazole rings is 1. The van der Waals surface area contributed by atoms with Crippen LogP contribution in [0.1, 0.15) is 11.5 Å². The Morgan fingerprint density at radius 1 is 1.29 bits per heavy atom.